The molecule has 0 radical (unpaired) electrons. The monoisotopic (exact) mass is 561 g/mol. The van der Waals surface area contributed by atoms with Crippen molar-refractivity contribution in [1.29, 1.82) is 0 Å². The Labute approximate surface area is 238 Å². The summed E-state index contributed by atoms with van der Waals surface area (Å²) >= 11 is 1.60. The molecule has 1 amide bonds. The number of carbonyl (C=O) groups is 1. The van der Waals surface area contributed by atoms with E-state index in [9.17, 15) is 18.7 Å². The van der Waals surface area contributed by atoms with Crippen LogP contribution in [0.2, 0.25) is 0 Å². The molecule has 0 bridgehead atoms. The molecule has 2 atom stereocenters. The van der Waals surface area contributed by atoms with Crippen LogP contribution in [0, 0.1) is 11.6 Å². The van der Waals surface area contributed by atoms with Gasteiger partial charge >= 0.3 is 0 Å². The number of rotatable bonds is 13. The summed E-state index contributed by atoms with van der Waals surface area (Å²) in [6.45, 7) is 2.81. The maximum absolute atomic E-state index is 13.9. The molecule has 0 spiro atoms. The highest BCUT2D eigenvalue weighted by molar-refractivity contribution is 7.98. The van der Waals surface area contributed by atoms with E-state index in [1.165, 1.54) is 17.7 Å². The van der Waals surface area contributed by atoms with Crippen LogP contribution in [-0.2, 0) is 25.1 Å². The first-order valence-electron chi connectivity index (χ1n) is 13.2. The minimum absolute atomic E-state index is 0.0606. The first-order valence-corrected chi connectivity index (χ1v) is 14.2. The summed E-state index contributed by atoms with van der Waals surface area (Å²) in [4.78, 5) is 18.2. The van der Waals surface area contributed by atoms with Crippen molar-refractivity contribution < 1.29 is 18.7 Å². The zero-order valence-electron chi connectivity index (χ0n) is 22.3. The lowest BCUT2D eigenvalue weighted by molar-refractivity contribution is 0.0829. The maximum atomic E-state index is 13.9. The highest BCUT2D eigenvalue weighted by atomic mass is 32.2. The Morgan fingerprint density at radius 1 is 0.900 bits per heavy atom. The second-order valence-corrected chi connectivity index (χ2v) is 10.7. The number of pyridine rings is 1. The lowest BCUT2D eigenvalue weighted by atomic mass is 10.00. The van der Waals surface area contributed by atoms with Gasteiger partial charge in [0.15, 0.2) is 0 Å². The standard InChI is InChI=1S/C32H33F2N3O2S/c1-2-22-5-3-6-24(13-22)19-36-20-31(38)30(16-25-14-27(33)18-28(34)15-25)37-32(39)26-7-4-8-29(17-26)40-21-23-9-11-35-12-10-23/h3-15,17-18,30-31,36,38H,2,16,19-21H2,1H3,(H,37,39). The average Bonchev–Trinajstić information content (AvgIpc) is 2.96. The van der Waals surface area contributed by atoms with Gasteiger partial charge in [-0.05, 0) is 77.6 Å². The van der Waals surface area contributed by atoms with E-state index in [1.54, 1.807) is 36.3 Å². The summed E-state index contributed by atoms with van der Waals surface area (Å²) in [5, 5.41) is 17.2. The van der Waals surface area contributed by atoms with Crippen molar-refractivity contribution in [3.05, 3.63) is 131 Å². The van der Waals surface area contributed by atoms with Crippen molar-refractivity contribution in [2.75, 3.05) is 6.54 Å². The lowest BCUT2D eigenvalue weighted by Gasteiger charge is -2.25. The van der Waals surface area contributed by atoms with Crippen LogP contribution >= 0.6 is 11.8 Å². The third-order valence-electron chi connectivity index (χ3n) is 6.49. The van der Waals surface area contributed by atoms with Crippen molar-refractivity contribution in [1.82, 2.24) is 15.6 Å². The maximum Gasteiger partial charge on any atom is 0.251 e. The Morgan fingerprint density at radius 2 is 1.62 bits per heavy atom. The number of aliphatic hydroxyl groups is 1. The van der Waals surface area contributed by atoms with Crippen LogP contribution in [0.5, 0.6) is 0 Å². The van der Waals surface area contributed by atoms with Gasteiger partial charge in [0.2, 0.25) is 0 Å². The van der Waals surface area contributed by atoms with Gasteiger partial charge in [0.25, 0.3) is 5.91 Å². The summed E-state index contributed by atoms with van der Waals surface area (Å²) in [5.74, 6) is -1.06. The third-order valence-corrected chi connectivity index (χ3v) is 7.56. The Balaban J connectivity index is 1.44. The number of aromatic nitrogens is 1. The van der Waals surface area contributed by atoms with Gasteiger partial charge in [0.1, 0.15) is 11.6 Å². The molecule has 0 aliphatic carbocycles. The van der Waals surface area contributed by atoms with Crippen molar-refractivity contribution in [2.45, 2.75) is 49.1 Å². The number of benzene rings is 3. The van der Waals surface area contributed by atoms with E-state index in [0.717, 1.165) is 34.3 Å². The van der Waals surface area contributed by atoms with Crippen molar-refractivity contribution in [2.24, 2.45) is 0 Å². The Bertz CT molecular complexity index is 1380. The van der Waals surface area contributed by atoms with Gasteiger partial charge in [-0.2, -0.15) is 0 Å². The van der Waals surface area contributed by atoms with E-state index in [4.69, 9.17) is 0 Å². The number of thioether (sulfide) groups is 1. The molecule has 208 valence electrons. The first-order chi connectivity index (χ1) is 19.4. The van der Waals surface area contributed by atoms with Crippen LogP contribution < -0.4 is 10.6 Å². The Morgan fingerprint density at radius 3 is 2.38 bits per heavy atom. The van der Waals surface area contributed by atoms with E-state index in [0.29, 0.717) is 17.7 Å². The van der Waals surface area contributed by atoms with Crippen LogP contribution in [-0.4, -0.2) is 34.7 Å². The first kappa shape index (κ1) is 29.4. The molecule has 2 unspecified atom stereocenters. The molecular weight excluding hydrogens is 528 g/mol. The Kier molecular flexibility index (Phi) is 10.8. The molecule has 5 nitrogen and oxygen atoms in total. The zero-order chi connectivity index (χ0) is 28.3. The fourth-order valence-electron chi connectivity index (χ4n) is 4.36. The van der Waals surface area contributed by atoms with Crippen molar-refractivity contribution in [3.63, 3.8) is 0 Å². The summed E-state index contributed by atoms with van der Waals surface area (Å²) in [5.41, 5.74) is 4.21. The lowest BCUT2D eigenvalue weighted by Crippen LogP contribution is -2.48. The smallest absolute Gasteiger partial charge is 0.251 e. The molecule has 40 heavy (non-hydrogen) atoms. The molecule has 8 heteroatoms. The number of amides is 1. The highest BCUT2D eigenvalue weighted by Crippen LogP contribution is 2.23. The predicted molar refractivity (Wildman–Crippen MR) is 155 cm³/mol. The molecule has 1 heterocycles. The molecule has 3 N–H and O–H groups in total. The number of nitrogens with one attached hydrogen (secondary N) is 2. The number of aryl methyl sites for hydroxylation is 1. The fourth-order valence-corrected chi connectivity index (χ4v) is 5.27. The average molecular weight is 562 g/mol. The van der Waals surface area contributed by atoms with Crippen LogP contribution in [0.25, 0.3) is 0 Å². The zero-order valence-corrected chi connectivity index (χ0v) is 23.1. The van der Waals surface area contributed by atoms with Gasteiger partial charge < -0.3 is 15.7 Å². The molecule has 0 saturated carbocycles. The summed E-state index contributed by atoms with van der Waals surface area (Å²) in [7, 11) is 0. The van der Waals surface area contributed by atoms with Gasteiger partial charge in [-0.25, -0.2) is 8.78 Å². The van der Waals surface area contributed by atoms with Crippen molar-refractivity contribution in [3.8, 4) is 0 Å². The summed E-state index contributed by atoms with van der Waals surface area (Å²) < 4.78 is 27.8. The van der Waals surface area contributed by atoms with Gasteiger partial charge in [0, 0.05) is 47.8 Å². The second kappa shape index (κ2) is 14.7. The number of hydrogen-bond acceptors (Lipinski definition) is 5. The molecule has 0 aliphatic heterocycles. The highest BCUT2D eigenvalue weighted by Gasteiger charge is 2.23. The molecule has 0 saturated heterocycles. The number of hydrogen-bond donors (Lipinski definition) is 3. The van der Waals surface area contributed by atoms with E-state index in [1.807, 2.05) is 36.4 Å². The summed E-state index contributed by atoms with van der Waals surface area (Å²) in [6.07, 6.45) is 3.47. The number of aliphatic hydroxyl groups excluding tert-OH is 1. The molecule has 4 aromatic rings. The normalized spacial score (nSPS) is 12.6. The van der Waals surface area contributed by atoms with Gasteiger partial charge in [0.05, 0.1) is 12.1 Å². The van der Waals surface area contributed by atoms with Crippen molar-refractivity contribution >= 4 is 17.7 Å². The third kappa shape index (κ3) is 8.98. The number of halogens is 2. The fraction of sp³-hybridized carbons (Fsp3) is 0.250. The molecular formula is C32H33F2N3O2S. The topological polar surface area (TPSA) is 74.2 Å². The minimum atomic E-state index is -1.01. The van der Waals surface area contributed by atoms with Crippen LogP contribution in [0.15, 0.2) is 96.2 Å². The van der Waals surface area contributed by atoms with E-state index >= 15 is 0 Å². The number of nitrogens with zero attached hydrogens (tertiary/aromatic N) is 1. The molecule has 1 aromatic heterocycles. The molecule has 0 fully saturated rings. The molecule has 0 aliphatic rings. The van der Waals surface area contributed by atoms with E-state index < -0.39 is 23.8 Å². The van der Waals surface area contributed by atoms with Crippen LogP contribution in [0.3, 0.4) is 0 Å². The van der Waals surface area contributed by atoms with Gasteiger partial charge in [-0.3, -0.25) is 9.78 Å². The largest absolute Gasteiger partial charge is 0.390 e. The second-order valence-electron chi connectivity index (χ2n) is 9.61. The minimum Gasteiger partial charge on any atom is -0.390 e. The van der Waals surface area contributed by atoms with Gasteiger partial charge in [-0.15, -0.1) is 11.8 Å². The molecule has 3 aromatic carbocycles. The number of carbonyl (C=O) groups excluding carboxylic acids is 1. The van der Waals surface area contributed by atoms with E-state index in [2.05, 4.69) is 34.7 Å². The van der Waals surface area contributed by atoms with Crippen LogP contribution in [0.1, 0.15) is 39.5 Å². The van der Waals surface area contributed by atoms with E-state index in [-0.39, 0.29) is 18.9 Å². The Hall–Kier alpha value is -3.59. The van der Waals surface area contributed by atoms with Crippen LogP contribution in [0.4, 0.5) is 8.78 Å². The quantitative estimate of drug-likeness (QED) is 0.183. The van der Waals surface area contributed by atoms with Gasteiger partial charge in [-0.1, -0.05) is 37.3 Å². The summed E-state index contributed by atoms with van der Waals surface area (Å²) in [6, 6.07) is 21.8. The predicted octanol–water partition coefficient (Wildman–Crippen LogP) is 5.71. The molecule has 4 rings (SSSR count). The SMILES string of the molecule is CCc1cccc(CNCC(O)C(Cc2cc(F)cc(F)c2)NC(=O)c2cccc(SCc3ccncc3)c2)c1.